The van der Waals surface area contributed by atoms with E-state index < -0.39 is 0 Å². The minimum atomic E-state index is 0.0120. The molecule has 0 saturated carbocycles. The molecule has 0 aromatic heterocycles. The van der Waals surface area contributed by atoms with E-state index in [1.807, 2.05) is 54.6 Å². The van der Waals surface area contributed by atoms with Gasteiger partial charge in [0.2, 0.25) is 0 Å². The molecule has 1 fully saturated rings. The van der Waals surface area contributed by atoms with E-state index >= 15 is 0 Å². The molecule has 1 aliphatic heterocycles. The zero-order valence-electron chi connectivity index (χ0n) is 18.2. The summed E-state index contributed by atoms with van der Waals surface area (Å²) in [5, 5.41) is 0.740. The average molecular weight is 423 g/mol. The van der Waals surface area contributed by atoms with Crippen LogP contribution >= 0.6 is 11.8 Å². The van der Waals surface area contributed by atoms with Crippen LogP contribution in [0.15, 0.2) is 58.4 Å². The lowest BCUT2D eigenvalue weighted by Crippen LogP contribution is -2.30. The van der Waals surface area contributed by atoms with Crippen molar-refractivity contribution in [1.82, 2.24) is 4.90 Å². The molecule has 1 aliphatic rings. The monoisotopic (exact) mass is 422 g/mol. The van der Waals surface area contributed by atoms with Crippen molar-refractivity contribution in [2.45, 2.75) is 40.5 Å². The Bertz CT molecular complexity index is 932. The molecular formula is C25H30N2O2S. The van der Waals surface area contributed by atoms with E-state index in [2.05, 4.69) is 27.7 Å². The number of thioether (sulfide) groups is 1. The first-order valence-corrected chi connectivity index (χ1v) is 11.4. The van der Waals surface area contributed by atoms with Gasteiger partial charge in [-0.1, -0.05) is 63.1 Å². The smallest absolute Gasteiger partial charge is 0.266 e. The molecule has 4 nitrogen and oxygen atoms in total. The summed E-state index contributed by atoms with van der Waals surface area (Å²) in [4.78, 5) is 20.4. The van der Waals surface area contributed by atoms with Gasteiger partial charge < -0.3 is 4.74 Å². The largest absolute Gasteiger partial charge is 0.493 e. The summed E-state index contributed by atoms with van der Waals surface area (Å²) in [6.07, 6.45) is 3.90. The van der Waals surface area contributed by atoms with Crippen LogP contribution in [0.3, 0.4) is 0 Å². The van der Waals surface area contributed by atoms with E-state index in [0.717, 1.165) is 35.0 Å². The van der Waals surface area contributed by atoms with E-state index in [9.17, 15) is 4.79 Å². The maximum Gasteiger partial charge on any atom is 0.266 e. The van der Waals surface area contributed by atoms with Crippen molar-refractivity contribution >= 4 is 34.6 Å². The summed E-state index contributed by atoms with van der Waals surface area (Å²) >= 11 is 1.44. The van der Waals surface area contributed by atoms with Crippen molar-refractivity contribution in [3.05, 3.63) is 64.6 Å². The minimum absolute atomic E-state index is 0.0120. The highest BCUT2D eigenvalue weighted by molar-refractivity contribution is 8.18. The van der Waals surface area contributed by atoms with Crippen LogP contribution in [0.2, 0.25) is 0 Å². The molecule has 1 saturated heterocycles. The number of benzene rings is 2. The summed E-state index contributed by atoms with van der Waals surface area (Å²) in [5.41, 5.74) is 2.97. The van der Waals surface area contributed by atoms with Gasteiger partial charge in [0.25, 0.3) is 5.91 Å². The fourth-order valence-electron chi connectivity index (χ4n) is 2.96. The lowest BCUT2D eigenvalue weighted by atomic mass is 10.1. The van der Waals surface area contributed by atoms with Crippen molar-refractivity contribution in [2.75, 3.05) is 13.2 Å². The molecule has 0 radical (unpaired) electrons. The molecule has 5 heteroatoms. The molecule has 30 heavy (non-hydrogen) atoms. The van der Waals surface area contributed by atoms with Crippen molar-refractivity contribution in [3.8, 4) is 5.75 Å². The Balaban J connectivity index is 1.91. The lowest BCUT2D eigenvalue weighted by molar-refractivity contribution is -0.122. The zero-order chi connectivity index (χ0) is 21.5. The normalized spacial score (nSPS) is 16.8. The van der Waals surface area contributed by atoms with Gasteiger partial charge in [-0.3, -0.25) is 9.69 Å². The third kappa shape index (κ3) is 5.76. The van der Waals surface area contributed by atoms with Gasteiger partial charge in [-0.05, 0) is 55.3 Å². The maximum atomic E-state index is 13.2. The Kier molecular flexibility index (Phi) is 7.75. The zero-order valence-corrected chi connectivity index (χ0v) is 19.0. The van der Waals surface area contributed by atoms with Crippen molar-refractivity contribution < 1.29 is 9.53 Å². The Morgan fingerprint density at radius 2 is 1.87 bits per heavy atom. The number of aryl methyl sites for hydroxylation is 1. The van der Waals surface area contributed by atoms with Crippen LogP contribution in [0.5, 0.6) is 5.75 Å². The van der Waals surface area contributed by atoms with Gasteiger partial charge in [0.1, 0.15) is 5.75 Å². The lowest BCUT2D eigenvalue weighted by Gasteiger charge is -2.15. The molecule has 3 rings (SSSR count). The van der Waals surface area contributed by atoms with E-state index in [1.54, 1.807) is 4.90 Å². The molecule has 0 bridgehead atoms. The van der Waals surface area contributed by atoms with Crippen molar-refractivity contribution in [3.63, 3.8) is 0 Å². The Morgan fingerprint density at radius 1 is 1.13 bits per heavy atom. The Morgan fingerprint density at radius 3 is 2.57 bits per heavy atom. The SMILES string of the molecule is CCCCN1C(=O)/C(=C\c2ccccc2OCC(C)C)SC1=Nc1ccc(C)cc1. The van der Waals surface area contributed by atoms with Crippen molar-refractivity contribution in [1.29, 1.82) is 0 Å². The van der Waals surface area contributed by atoms with Gasteiger partial charge in [0.15, 0.2) is 5.17 Å². The van der Waals surface area contributed by atoms with Crippen LogP contribution < -0.4 is 4.74 Å². The molecule has 0 atom stereocenters. The summed E-state index contributed by atoms with van der Waals surface area (Å²) in [5.74, 6) is 1.25. The fraction of sp³-hybridized carbons (Fsp3) is 0.360. The third-order valence-electron chi connectivity index (χ3n) is 4.66. The van der Waals surface area contributed by atoms with Gasteiger partial charge in [0.05, 0.1) is 17.2 Å². The first kappa shape index (κ1) is 22.2. The Hall–Kier alpha value is -2.53. The second-order valence-corrected chi connectivity index (χ2v) is 8.90. The number of carbonyl (C=O) groups is 1. The molecule has 0 N–H and O–H groups in total. The molecular weight excluding hydrogens is 392 g/mol. The second-order valence-electron chi connectivity index (χ2n) is 7.89. The number of nitrogens with zero attached hydrogens (tertiary/aromatic N) is 2. The van der Waals surface area contributed by atoms with Crippen LogP contribution in [-0.4, -0.2) is 29.1 Å². The van der Waals surface area contributed by atoms with E-state index in [1.165, 1.54) is 17.3 Å². The van der Waals surface area contributed by atoms with E-state index in [4.69, 9.17) is 9.73 Å². The molecule has 2 aromatic rings. The van der Waals surface area contributed by atoms with Crippen LogP contribution in [0.4, 0.5) is 5.69 Å². The highest BCUT2D eigenvalue weighted by Crippen LogP contribution is 2.35. The van der Waals surface area contributed by atoms with Gasteiger partial charge >= 0.3 is 0 Å². The average Bonchev–Trinajstić information content (AvgIpc) is 3.01. The van der Waals surface area contributed by atoms with Gasteiger partial charge in [-0.15, -0.1) is 0 Å². The first-order valence-electron chi connectivity index (χ1n) is 10.6. The van der Waals surface area contributed by atoms with Gasteiger partial charge in [-0.2, -0.15) is 0 Å². The molecule has 158 valence electrons. The Labute approximate surface area is 184 Å². The minimum Gasteiger partial charge on any atom is -0.493 e. The van der Waals surface area contributed by atoms with Crippen LogP contribution in [0, 0.1) is 12.8 Å². The standard InChI is InChI=1S/C25H30N2O2S/c1-5-6-15-27-24(28)23(30-25(27)26-21-13-11-19(4)12-14-21)16-20-9-7-8-10-22(20)29-17-18(2)3/h7-14,16,18H,5-6,15,17H2,1-4H3/b23-16+,26-25?. The molecule has 0 spiro atoms. The summed E-state index contributed by atoms with van der Waals surface area (Å²) in [6.45, 7) is 9.75. The van der Waals surface area contributed by atoms with Crippen LogP contribution in [-0.2, 0) is 4.79 Å². The number of hydrogen-bond donors (Lipinski definition) is 0. The number of amides is 1. The van der Waals surface area contributed by atoms with E-state index in [0.29, 0.717) is 24.0 Å². The second kappa shape index (κ2) is 10.5. The highest BCUT2D eigenvalue weighted by Gasteiger charge is 2.33. The van der Waals surface area contributed by atoms with E-state index in [-0.39, 0.29) is 5.91 Å². The number of hydrogen-bond acceptors (Lipinski definition) is 4. The molecule has 0 aliphatic carbocycles. The predicted molar refractivity (Wildman–Crippen MR) is 127 cm³/mol. The van der Waals surface area contributed by atoms with Gasteiger partial charge in [0, 0.05) is 12.1 Å². The summed E-state index contributed by atoms with van der Waals surface area (Å²) < 4.78 is 5.96. The first-order chi connectivity index (χ1) is 14.5. The predicted octanol–water partition coefficient (Wildman–Crippen LogP) is 6.43. The molecule has 1 amide bonds. The fourth-order valence-corrected chi connectivity index (χ4v) is 3.98. The number of ether oxygens (including phenoxy) is 1. The quantitative estimate of drug-likeness (QED) is 0.460. The van der Waals surface area contributed by atoms with Gasteiger partial charge in [-0.25, -0.2) is 4.99 Å². The number of carbonyl (C=O) groups excluding carboxylic acids is 1. The topological polar surface area (TPSA) is 41.9 Å². The molecule has 2 aromatic carbocycles. The highest BCUT2D eigenvalue weighted by atomic mass is 32.2. The van der Waals surface area contributed by atoms with Crippen LogP contribution in [0.25, 0.3) is 6.08 Å². The summed E-state index contributed by atoms with van der Waals surface area (Å²) in [7, 11) is 0. The number of rotatable bonds is 8. The number of amidine groups is 1. The molecule has 0 unspecified atom stereocenters. The van der Waals surface area contributed by atoms with Crippen LogP contribution in [0.1, 0.15) is 44.7 Å². The summed E-state index contributed by atoms with van der Waals surface area (Å²) in [6, 6.07) is 15.9. The number of unbranched alkanes of at least 4 members (excludes halogenated alkanes) is 1. The molecule has 1 heterocycles. The number of para-hydroxylation sites is 1. The number of aliphatic imine (C=N–C) groups is 1. The van der Waals surface area contributed by atoms with Crippen molar-refractivity contribution in [2.24, 2.45) is 10.9 Å². The maximum absolute atomic E-state index is 13.2. The third-order valence-corrected chi connectivity index (χ3v) is 5.67.